The van der Waals surface area contributed by atoms with Gasteiger partial charge in [-0.1, -0.05) is 48.0 Å². The molecule has 0 aromatic heterocycles. The lowest BCUT2D eigenvalue weighted by Crippen LogP contribution is -2.60. The molecule has 3 amide bonds. The Morgan fingerprint density at radius 2 is 1.62 bits per heavy atom. The van der Waals surface area contributed by atoms with E-state index >= 15 is 0 Å². The van der Waals surface area contributed by atoms with E-state index in [0.717, 1.165) is 25.8 Å². The molecule has 216 valence electrons. The number of hydrogen-bond donors (Lipinski definition) is 1. The molecule has 0 aliphatic carbocycles. The Morgan fingerprint density at radius 3 is 2.03 bits per heavy atom. The fraction of sp³-hybridized carbons (Fsp3) is 0.897. The van der Waals surface area contributed by atoms with Gasteiger partial charge in [-0.3, -0.25) is 19.3 Å². The topological polar surface area (TPSA) is 82.2 Å². The second-order valence-corrected chi connectivity index (χ2v) is 12.1. The van der Waals surface area contributed by atoms with Crippen LogP contribution in [0.2, 0.25) is 0 Å². The number of nitrogens with one attached hydrogen (secondary N) is 1. The summed E-state index contributed by atoms with van der Waals surface area (Å²) in [6, 6.07) is -0.858. The smallest absolute Gasteiger partial charge is 0.245 e. The Labute approximate surface area is 226 Å². The van der Waals surface area contributed by atoms with Gasteiger partial charge in [0.05, 0.1) is 24.6 Å². The van der Waals surface area contributed by atoms with Gasteiger partial charge in [-0.2, -0.15) is 0 Å². The average molecular weight is 525 g/mol. The number of hydrogen-bond acceptors (Lipinski definition) is 5. The minimum atomic E-state index is -0.669. The SMILES string of the molecule is CC[C@H](C)[C@@H]([C@@H](CC(=O)N1CCC[C@H]1C)OC)N(C)C(=O)[C@@H](NC(=O)[C@H](C(C)C)N(C)C(C)C)C(C)C. The highest BCUT2D eigenvalue weighted by molar-refractivity contribution is 5.90. The summed E-state index contributed by atoms with van der Waals surface area (Å²) in [4.78, 5) is 46.3. The van der Waals surface area contributed by atoms with Crippen LogP contribution in [-0.4, -0.2) is 96.5 Å². The Kier molecular flexibility index (Phi) is 13.6. The van der Waals surface area contributed by atoms with Crippen molar-refractivity contribution in [2.24, 2.45) is 17.8 Å². The molecule has 1 rings (SSSR count). The molecule has 8 nitrogen and oxygen atoms in total. The first-order chi connectivity index (χ1) is 17.2. The number of ether oxygens (including phenoxy) is 1. The van der Waals surface area contributed by atoms with Crippen molar-refractivity contribution in [2.45, 2.75) is 124 Å². The van der Waals surface area contributed by atoms with Crippen molar-refractivity contribution in [2.75, 3.05) is 27.7 Å². The monoisotopic (exact) mass is 524 g/mol. The lowest BCUT2D eigenvalue weighted by Gasteiger charge is -2.41. The molecule has 0 aromatic carbocycles. The number of carbonyl (C=O) groups excluding carboxylic acids is 3. The summed E-state index contributed by atoms with van der Waals surface area (Å²) < 4.78 is 5.89. The second-order valence-electron chi connectivity index (χ2n) is 12.1. The molecule has 1 aliphatic rings. The summed E-state index contributed by atoms with van der Waals surface area (Å²) in [6.45, 7) is 19.1. The van der Waals surface area contributed by atoms with Crippen LogP contribution >= 0.6 is 0 Å². The predicted molar refractivity (Wildman–Crippen MR) is 150 cm³/mol. The van der Waals surface area contributed by atoms with Gasteiger partial charge >= 0.3 is 0 Å². The van der Waals surface area contributed by atoms with Crippen LogP contribution in [-0.2, 0) is 19.1 Å². The Morgan fingerprint density at radius 1 is 1.03 bits per heavy atom. The normalized spacial score (nSPS) is 20.3. The van der Waals surface area contributed by atoms with E-state index in [4.69, 9.17) is 4.74 Å². The molecular weight excluding hydrogens is 468 g/mol. The van der Waals surface area contributed by atoms with Gasteiger partial charge in [-0.05, 0) is 58.4 Å². The van der Waals surface area contributed by atoms with Gasteiger partial charge in [0, 0.05) is 32.8 Å². The van der Waals surface area contributed by atoms with Crippen LogP contribution in [0.3, 0.4) is 0 Å². The third kappa shape index (κ3) is 8.67. The molecular formula is C29H56N4O4. The molecule has 6 atom stereocenters. The van der Waals surface area contributed by atoms with E-state index in [-0.39, 0.29) is 66.1 Å². The molecule has 1 heterocycles. The van der Waals surface area contributed by atoms with Crippen LogP contribution in [0, 0.1) is 17.8 Å². The molecule has 0 spiro atoms. The number of nitrogens with zero attached hydrogens (tertiary/aromatic N) is 3. The third-order valence-electron chi connectivity index (χ3n) is 8.34. The minimum absolute atomic E-state index is 0.0798. The summed E-state index contributed by atoms with van der Waals surface area (Å²) in [6.07, 6.45) is 2.69. The van der Waals surface area contributed by atoms with Crippen LogP contribution in [0.4, 0.5) is 0 Å². The zero-order valence-corrected chi connectivity index (χ0v) is 25.7. The van der Waals surface area contributed by atoms with Gasteiger partial charge in [0.15, 0.2) is 0 Å². The molecule has 0 radical (unpaired) electrons. The second kappa shape index (κ2) is 15.1. The van der Waals surface area contributed by atoms with Crippen LogP contribution in [0.1, 0.15) is 88.0 Å². The van der Waals surface area contributed by atoms with Crippen LogP contribution in [0.25, 0.3) is 0 Å². The van der Waals surface area contributed by atoms with Crippen molar-refractivity contribution in [3.63, 3.8) is 0 Å². The Bertz CT molecular complexity index is 741. The number of methoxy groups -OCH3 is 1. The van der Waals surface area contributed by atoms with Crippen LogP contribution < -0.4 is 5.32 Å². The first-order valence-corrected chi connectivity index (χ1v) is 14.3. The molecule has 1 fully saturated rings. The van der Waals surface area contributed by atoms with Crippen molar-refractivity contribution < 1.29 is 19.1 Å². The maximum absolute atomic E-state index is 13.9. The number of amides is 3. The predicted octanol–water partition coefficient (Wildman–Crippen LogP) is 3.78. The van der Waals surface area contributed by atoms with Crippen LogP contribution in [0.15, 0.2) is 0 Å². The number of likely N-dealkylation sites (tertiary alicyclic amines) is 1. The van der Waals surface area contributed by atoms with E-state index in [1.807, 2.05) is 39.6 Å². The maximum Gasteiger partial charge on any atom is 0.245 e. The fourth-order valence-corrected chi connectivity index (χ4v) is 5.57. The third-order valence-corrected chi connectivity index (χ3v) is 8.34. The first-order valence-electron chi connectivity index (χ1n) is 14.3. The average Bonchev–Trinajstić information content (AvgIpc) is 3.26. The lowest BCUT2D eigenvalue weighted by molar-refractivity contribution is -0.146. The van der Waals surface area contributed by atoms with Gasteiger partial charge in [0.1, 0.15) is 6.04 Å². The molecule has 1 aliphatic heterocycles. The molecule has 0 aromatic rings. The standard InChI is InChI=1S/C29H56N4O4/c1-13-21(8)27(23(37-12)17-24(34)33-16-14-15-22(33)9)32(11)29(36)25(18(2)3)30-28(35)26(19(4)5)31(10)20(6)7/h18-23,25-27H,13-17H2,1-12H3,(H,30,35)/t21-,22+,23+,25-,26-,27-/m0/s1. The van der Waals surface area contributed by atoms with Gasteiger partial charge in [-0.15, -0.1) is 0 Å². The number of likely N-dealkylation sites (N-methyl/N-ethyl adjacent to an activating group) is 2. The highest BCUT2D eigenvalue weighted by atomic mass is 16.5. The van der Waals surface area contributed by atoms with E-state index in [9.17, 15) is 14.4 Å². The van der Waals surface area contributed by atoms with Crippen molar-refractivity contribution in [3.8, 4) is 0 Å². The van der Waals surface area contributed by atoms with E-state index in [2.05, 4.69) is 44.8 Å². The van der Waals surface area contributed by atoms with Gasteiger partial charge in [0.25, 0.3) is 0 Å². The maximum atomic E-state index is 13.9. The molecule has 1 N–H and O–H groups in total. The van der Waals surface area contributed by atoms with Crippen molar-refractivity contribution >= 4 is 17.7 Å². The van der Waals surface area contributed by atoms with E-state index in [0.29, 0.717) is 0 Å². The summed E-state index contributed by atoms with van der Waals surface area (Å²) >= 11 is 0. The first kappa shape index (κ1) is 33.4. The minimum Gasteiger partial charge on any atom is -0.379 e. The largest absolute Gasteiger partial charge is 0.379 e. The quantitative estimate of drug-likeness (QED) is 0.374. The van der Waals surface area contributed by atoms with E-state index < -0.39 is 12.1 Å². The van der Waals surface area contributed by atoms with Crippen molar-refractivity contribution in [3.05, 3.63) is 0 Å². The fourth-order valence-electron chi connectivity index (χ4n) is 5.57. The van der Waals surface area contributed by atoms with Crippen molar-refractivity contribution in [1.29, 1.82) is 0 Å². The molecule has 8 heteroatoms. The zero-order chi connectivity index (χ0) is 28.6. The molecule has 0 saturated carbocycles. The number of rotatable bonds is 14. The highest BCUT2D eigenvalue weighted by Crippen LogP contribution is 2.26. The molecule has 0 bridgehead atoms. The van der Waals surface area contributed by atoms with Crippen LogP contribution in [0.5, 0.6) is 0 Å². The lowest BCUT2D eigenvalue weighted by atomic mass is 9.89. The van der Waals surface area contributed by atoms with Crippen molar-refractivity contribution in [1.82, 2.24) is 20.0 Å². The van der Waals surface area contributed by atoms with E-state index in [1.165, 1.54) is 0 Å². The Hall–Kier alpha value is -1.67. The highest BCUT2D eigenvalue weighted by Gasteiger charge is 2.40. The van der Waals surface area contributed by atoms with Gasteiger partial charge in [0.2, 0.25) is 17.7 Å². The Balaban J connectivity index is 3.19. The summed E-state index contributed by atoms with van der Waals surface area (Å²) in [5.41, 5.74) is 0. The summed E-state index contributed by atoms with van der Waals surface area (Å²) in [7, 11) is 5.36. The molecule has 0 unspecified atom stereocenters. The molecule has 1 saturated heterocycles. The summed E-state index contributed by atoms with van der Waals surface area (Å²) in [5.74, 6) is -0.0852. The van der Waals surface area contributed by atoms with E-state index in [1.54, 1.807) is 19.1 Å². The molecule has 37 heavy (non-hydrogen) atoms. The van der Waals surface area contributed by atoms with Gasteiger partial charge in [-0.25, -0.2) is 0 Å². The number of carbonyl (C=O) groups is 3. The summed E-state index contributed by atoms with van der Waals surface area (Å²) in [5, 5.41) is 3.09. The zero-order valence-electron chi connectivity index (χ0n) is 25.7. The van der Waals surface area contributed by atoms with Gasteiger partial charge < -0.3 is 19.9 Å².